The number of alkyl halides is 3. The molecule has 0 spiro atoms. The summed E-state index contributed by atoms with van der Waals surface area (Å²) >= 11 is 0. The van der Waals surface area contributed by atoms with Crippen molar-refractivity contribution in [3.05, 3.63) is 29.3 Å². The number of nitrogens with one attached hydrogen (secondary N) is 1. The summed E-state index contributed by atoms with van der Waals surface area (Å²) in [6.45, 7) is 0.409. The summed E-state index contributed by atoms with van der Waals surface area (Å²) in [6.07, 6.45) is -3.92. The largest absolute Gasteiger partial charge is 0.416 e. The van der Waals surface area contributed by atoms with Crippen LogP contribution in [0, 0.1) is 0 Å². The molecule has 1 aromatic rings. The SMILES string of the molecule is COC[C@@H]1Cc2c(cccc2C(F)(F)F)N1. The molecule has 2 nitrogen and oxygen atoms in total. The van der Waals surface area contributed by atoms with Crippen molar-refractivity contribution in [2.75, 3.05) is 19.0 Å². The fraction of sp³-hybridized carbons (Fsp3) is 0.455. The molecule has 0 saturated carbocycles. The van der Waals surface area contributed by atoms with E-state index in [-0.39, 0.29) is 6.04 Å². The van der Waals surface area contributed by atoms with Gasteiger partial charge in [-0.3, -0.25) is 0 Å². The molecule has 0 amide bonds. The van der Waals surface area contributed by atoms with Crippen molar-refractivity contribution in [2.45, 2.75) is 18.6 Å². The van der Waals surface area contributed by atoms with Crippen LogP contribution in [0.4, 0.5) is 18.9 Å². The number of halogens is 3. The zero-order valence-electron chi connectivity index (χ0n) is 8.77. The van der Waals surface area contributed by atoms with Crippen LogP contribution in [-0.4, -0.2) is 19.8 Å². The van der Waals surface area contributed by atoms with Gasteiger partial charge in [-0.1, -0.05) is 6.07 Å². The van der Waals surface area contributed by atoms with Gasteiger partial charge in [-0.05, 0) is 24.1 Å². The van der Waals surface area contributed by atoms with Gasteiger partial charge in [-0.2, -0.15) is 13.2 Å². The molecular formula is C11H12F3NO. The Morgan fingerprint density at radius 2 is 2.19 bits per heavy atom. The molecule has 0 aromatic heterocycles. The highest BCUT2D eigenvalue weighted by Crippen LogP contribution is 2.38. The van der Waals surface area contributed by atoms with Gasteiger partial charge in [0.15, 0.2) is 0 Å². The number of anilines is 1. The highest BCUT2D eigenvalue weighted by molar-refractivity contribution is 5.60. The Morgan fingerprint density at radius 1 is 1.44 bits per heavy atom. The standard InChI is InChI=1S/C11H12F3NO/c1-16-6-7-5-8-9(11(12,13)14)3-2-4-10(8)15-7/h2-4,7,15H,5-6H2,1H3/t7-/m0/s1. The molecule has 1 atom stereocenters. The van der Waals surface area contributed by atoms with E-state index in [0.717, 1.165) is 6.07 Å². The lowest BCUT2D eigenvalue weighted by atomic mass is 10.0. The minimum atomic E-state index is -4.28. The predicted molar refractivity (Wildman–Crippen MR) is 54.4 cm³/mol. The normalized spacial score (nSPS) is 19.4. The number of benzene rings is 1. The van der Waals surface area contributed by atoms with Crippen molar-refractivity contribution in [3.8, 4) is 0 Å². The average Bonchev–Trinajstić information content (AvgIpc) is 2.58. The summed E-state index contributed by atoms with van der Waals surface area (Å²) in [5.41, 5.74) is 0.366. The Bertz CT molecular complexity index is 389. The Kier molecular flexibility index (Phi) is 2.80. The van der Waals surface area contributed by atoms with Gasteiger partial charge in [0.1, 0.15) is 0 Å². The molecule has 1 N–H and O–H groups in total. The summed E-state index contributed by atoms with van der Waals surface area (Å²) in [7, 11) is 1.54. The van der Waals surface area contributed by atoms with Crippen LogP contribution in [0.15, 0.2) is 18.2 Å². The van der Waals surface area contributed by atoms with Crippen molar-refractivity contribution in [1.29, 1.82) is 0 Å². The Labute approximate surface area is 91.4 Å². The van der Waals surface area contributed by atoms with Crippen LogP contribution in [0.1, 0.15) is 11.1 Å². The van der Waals surface area contributed by atoms with E-state index < -0.39 is 11.7 Å². The van der Waals surface area contributed by atoms with E-state index in [1.807, 2.05) is 0 Å². The summed E-state index contributed by atoms with van der Waals surface area (Å²) in [5.74, 6) is 0. The molecule has 0 radical (unpaired) electrons. The van der Waals surface area contributed by atoms with Gasteiger partial charge in [0, 0.05) is 12.8 Å². The van der Waals surface area contributed by atoms with E-state index in [2.05, 4.69) is 5.32 Å². The molecule has 1 aromatic carbocycles. The molecule has 88 valence electrons. The second kappa shape index (κ2) is 3.97. The molecule has 0 aliphatic carbocycles. The zero-order chi connectivity index (χ0) is 11.8. The van der Waals surface area contributed by atoms with Gasteiger partial charge >= 0.3 is 6.18 Å². The molecular weight excluding hydrogens is 219 g/mol. The summed E-state index contributed by atoms with van der Waals surface area (Å²) in [4.78, 5) is 0. The second-order valence-electron chi connectivity index (χ2n) is 3.83. The summed E-state index contributed by atoms with van der Waals surface area (Å²) < 4.78 is 43.0. The van der Waals surface area contributed by atoms with Gasteiger partial charge in [-0.25, -0.2) is 0 Å². The van der Waals surface area contributed by atoms with E-state index in [4.69, 9.17) is 4.74 Å². The number of rotatable bonds is 2. The zero-order valence-corrected chi connectivity index (χ0v) is 8.77. The molecule has 1 aliphatic heterocycles. The average molecular weight is 231 g/mol. The number of hydrogen-bond acceptors (Lipinski definition) is 2. The minimum absolute atomic E-state index is 0.0662. The van der Waals surface area contributed by atoms with Crippen LogP contribution >= 0.6 is 0 Å². The van der Waals surface area contributed by atoms with E-state index in [9.17, 15) is 13.2 Å². The van der Waals surface area contributed by atoms with E-state index in [1.54, 1.807) is 6.07 Å². The lowest BCUT2D eigenvalue weighted by Crippen LogP contribution is -2.21. The number of hydrogen-bond donors (Lipinski definition) is 1. The van der Waals surface area contributed by atoms with E-state index in [0.29, 0.717) is 24.3 Å². The lowest BCUT2D eigenvalue weighted by Gasteiger charge is -2.10. The quantitative estimate of drug-likeness (QED) is 0.844. The first-order valence-electron chi connectivity index (χ1n) is 4.97. The third-order valence-electron chi connectivity index (χ3n) is 2.66. The van der Waals surface area contributed by atoms with Crippen LogP contribution in [0.5, 0.6) is 0 Å². The number of fused-ring (bicyclic) bond motifs is 1. The Hall–Kier alpha value is -1.23. The van der Waals surface area contributed by atoms with Crippen LogP contribution in [0.2, 0.25) is 0 Å². The maximum atomic E-state index is 12.7. The van der Waals surface area contributed by atoms with E-state index in [1.165, 1.54) is 13.2 Å². The first-order valence-corrected chi connectivity index (χ1v) is 4.97. The Morgan fingerprint density at radius 3 is 2.81 bits per heavy atom. The molecule has 5 heteroatoms. The fourth-order valence-electron chi connectivity index (χ4n) is 2.03. The van der Waals surface area contributed by atoms with Crippen LogP contribution in [-0.2, 0) is 17.3 Å². The monoisotopic (exact) mass is 231 g/mol. The molecule has 1 heterocycles. The van der Waals surface area contributed by atoms with Crippen molar-refractivity contribution in [2.24, 2.45) is 0 Å². The van der Waals surface area contributed by atoms with Crippen molar-refractivity contribution >= 4 is 5.69 Å². The first kappa shape index (κ1) is 11.3. The van der Waals surface area contributed by atoms with Crippen molar-refractivity contribution in [1.82, 2.24) is 0 Å². The van der Waals surface area contributed by atoms with Crippen molar-refractivity contribution < 1.29 is 17.9 Å². The molecule has 0 saturated heterocycles. The molecule has 2 rings (SSSR count). The molecule has 0 unspecified atom stereocenters. The van der Waals surface area contributed by atoms with E-state index >= 15 is 0 Å². The topological polar surface area (TPSA) is 21.3 Å². The maximum absolute atomic E-state index is 12.7. The molecule has 0 bridgehead atoms. The Balaban J connectivity index is 2.31. The van der Waals surface area contributed by atoms with Gasteiger partial charge in [0.2, 0.25) is 0 Å². The van der Waals surface area contributed by atoms with Crippen LogP contribution < -0.4 is 5.32 Å². The highest BCUT2D eigenvalue weighted by Gasteiger charge is 2.36. The van der Waals surface area contributed by atoms with Crippen LogP contribution in [0.3, 0.4) is 0 Å². The summed E-state index contributed by atoms with van der Waals surface area (Å²) in [6, 6.07) is 4.14. The first-order chi connectivity index (χ1) is 7.52. The second-order valence-corrected chi connectivity index (χ2v) is 3.83. The smallest absolute Gasteiger partial charge is 0.383 e. The third kappa shape index (κ3) is 2.00. The van der Waals surface area contributed by atoms with Crippen molar-refractivity contribution in [3.63, 3.8) is 0 Å². The van der Waals surface area contributed by atoms with Gasteiger partial charge in [0.05, 0.1) is 18.2 Å². The minimum Gasteiger partial charge on any atom is -0.383 e. The number of methoxy groups -OCH3 is 1. The number of ether oxygens (including phenoxy) is 1. The molecule has 16 heavy (non-hydrogen) atoms. The molecule has 1 aliphatic rings. The predicted octanol–water partition coefficient (Wildman–Crippen LogP) is 2.69. The van der Waals surface area contributed by atoms with Gasteiger partial charge < -0.3 is 10.1 Å². The third-order valence-corrected chi connectivity index (χ3v) is 2.66. The highest BCUT2D eigenvalue weighted by atomic mass is 19.4. The van der Waals surface area contributed by atoms with Crippen LogP contribution in [0.25, 0.3) is 0 Å². The maximum Gasteiger partial charge on any atom is 0.416 e. The summed E-state index contributed by atoms with van der Waals surface area (Å²) in [5, 5.41) is 3.02. The fourth-order valence-corrected chi connectivity index (χ4v) is 2.03. The van der Waals surface area contributed by atoms with Gasteiger partial charge in [-0.15, -0.1) is 0 Å². The lowest BCUT2D eigenvalue weighted by molar-refractivity contribution is -0.138. The van der Waals surface area contributed by atoms with Gasteiger partial charge in [0.25, 0.3) is 0 Å². The molecule has 0 fully saturated rings.